The molecule has 24 heavy (non-hydrogen) atoms. The van der Waals surface area contributed by atoms with Gasteiger partial charge in [-0.25, -0.2) is 10.2 Å². The Morgan fingerprint density at radius 2 is 1.92 bits per heavy atom. The van der Waals surface area contributed by atoms with E-state index in [-0.39, 0.29) is 5.75 Å². The third-order valence-electron chi connectivity index (χ3n) is 3.48. The maximum atomic E-state index is 9.23. The van der Waals surface area contributed by atoms with Crippen LogP contribution in [-0.2, 0) is 0 Å². The summed E-state index contributed by atoms with van der Waals surface area (Å²) in [6.45, 7) is 0. The van der Waals surface area contributed by atoms with Gasteiger partial charge >= 0.3 is 0 Å². The highest BCUT2D eigenvalue weighted by Crippen LogP contribution is 2.33. The van der Waals surface area contributed by atoms with Crippen LogP contribution >= 0.6 is 0 Å². The summed E-state index contributed by atoms with van der Waals surface area (Å²) in [6.07, 6.45) is 1.56. The first-order valence-corrected chi connectivity index (χ1v) is 7.09. The molecule has 0 aliphatic carbocycles. The molecule has 1 aromatic carbocycles. The van der Waals surface area contributed by atoms with Gasteiger partial charge in [0, 0.05) is 18.8 Å². The van der Waals surface area contributed by atoms with Crippen molar-refractivity contribution < 1.29 is 10.1 Å². The Balaban J connectivity index is 2.02. The molecular weight excluding hydrogens is 306 g/mol. The molecule has 0 bridgehead atoms. The molecule has 0 spiro atoms. The maximum Gasteiger partial charge on any atom is 0.175 e. The van der Waals surface area contributed by atoms with Crippen LogP contribution in [0.2, 0.25) is 0 Å². The van der Waals surface area contributed by atoms with E-state index in [9.17, 15) is 5.26 Å². The molecule has 2 N–H and O–H groups in total. The summed E-state index contributed by atoms with van der Waals surface area (Å²) >= 11 is 0. The number of hydrogen-bond donors (Lipinski definition) is 2. The Bertz CT molecular complexity index is 904. The maximum absolute atomic E-state index is 9.23. The summed E-state index contributed by atoms with van der Waals surface area (Å²) in [7, 11) is 1.75. The molecule has 0 atom stereocenters. The lowest BCUT2D eigenvalue weighted by Gasteiger charge is -2.09. The molecule has 7 nitrogen and oxygen atoms in total. The minimum Gasteiger partial charge on any atom is -0.372 e. The molecular formula is C17H13N5O2. The van der Waals surface area contributed by atoms with E-state index < -0.39 is 0 Å². The van der Waals surface area contributed by atoms with Gasteiger partial charge in [0.05, 0.1) is 5.69 Å². The molecule has 3 rings (SSSR count). The number of pyridine rings is 1. The van der Waals surface area contributed by atoms with Gasteiger partial charge in [0.1, 0.15) is 17.6 Å². The number of nitrogens with one attached hydrogen (secondary N) is 1. The fourth-order valence-electron chi connectivity index (χ4n) is 2.27. The second-order valence-corrected chi connectivity index (χ2v) is 4.90. The Morgan fingerprint density at radius 1 is 1.08 bits per heavy atom. The molecule has 0 aliphatic heterocycles. The normalized spacial score (nSPS) is 10.0. The van der Waals surface area contributed by atoms with E-state index in [4.69, 9.17) is 5.26 Å². The molecule has 2 heterocycles. The molecule has 0 saturated carbocycles. The van der Waals surface area contributed by atoms with Crippen molar-refractivity contribution in [2.45, 2.75) is 0 Å². The second-order valence-electron chi connectivity index (χ2n) is 4.90. The lowest BCUT2D eigenvalue weighted by Crippen LogP contribution is -1.97. The average Bonchev–Trinajstić information content (AvgIpc) is 2.67. The fourth-order valence-corrected chi connectivity index (χ4v) is 2.27. The zero-order chi connectivity index (χ0) is 16.9. The van der Waals surface area contributed by atoms with Gasteiger partial charge < -0.3 is 10.2 Å². The minimum atomic E-state index is 0.245. The zero-order valence-corrected chi connectivity index (χ0v) is 12.8. The molecule has 2 aromatic heterocycles. The number of nitriles is 1. The monoisotopic (exact) mass is 319 g/mol. The van der Waals surface area contributed by atoms with Gasteiger partial charge in [0.15, 0.2) is 5.75 Å². The first kappa shape index (κ1) is 15.4. The minimum absolute atomic E-state index is 0.245. The third-order valence-corrected chi connectivity index (χ3v) is 3.48. The van der Waals surface area contributed by atoms with Crippen LogP contribution in [0.1, 0.15) is 5.69 Å². The highest BCUT2D eigenvalue weighted by atomic mass is 17.1. The second kappa shape index (κ2) is 6.73. The highest BCUT2D eigenvalue weighted by Gasteiger charge is 2.11. The molecule has 7 heteroatoms. The molecule has 0 aliphatic rings. The van der Waals surface area contributed by atoms with Crippen LogP contribution in [0.5, 0.6) is 5.75 Å². The standard InChI is InChI=1S/C17H13N5O2/c1-19-17-5-4-15(21-22-17)14-3-2-11(9-16(14)24-23)12-6-7-20-13(8-12)10-18/h2-9,23H,1H3,(H,19,22). The van der Waals surface area contributed by atoms with Crippen LogP contribution in [0.25, 0.3) is 22.4 Å². The molecule has 0 radical (unpaired) electrons. The summed E-state index contributed by atoms with van der Waals surface area (Å²) in [6, 6.07) is 14.3. The van der Waals surface area contributed by atoms with Crippen molar-refractivity contribution >= 4 is 5.82 Å². The van der Waals surface area contributed by atoms with Gasteiger partial charge in [-0.3, -0.25) is 0 Å². The first-order valence-electron chi connectivity index (χ1n) is 7.09. The van der Waals surface area contributed by atoms with Crippen molar-refractivity contribution in [2.75, 3.05) is 12.4 Å². The summed E-state index contributed by atoms with van der Waals surface area (Å²) in [4.78, 5) is 8.45. The summed E-state index contributed by atoms with van der Waals surface area (Å²) in [5.41, 5.74) is 3.06. The topological polar surface area (TPSA) is 104 Å². The molecule has 3 aromatic rings. The number of hydrogen-bond acceptors (Lipinski definition) is 7. The molecule has 0 unspecified atom stereocenters. The lowest BCUT2D eigenvalue weighted by atomic mass is 10.0. The Morgan fingerprint density at radius 3 is 2.58 bits per heavy atom. The predicted octanol–water partition coefficient (Wildman–Crippen LogP) is 2.97. The number of anilines is 1. The highest BCUT2D eigenvalue weighted by molar-refractivity contribution is 5.74. The van der Waals surface area contributed by atoms with Gasteiger partial charge in [-0.05, 0) is 47.5 Å². The third kappa shape index (κ3) is 2.99. The molecule has 118 valence electrons. The van der Waals surface area contributed by atoms with Gasteiger partial charge in [-0.1, -0.05) is 6.07 Å². The summed E-state index contributed by atoms with van der Waals surface area (Å²) in [5.74, 6) is 0.886. The quantitative estimate of drug-likeness (QED) is 0.562. The van der Waals surface area contributed by atoms with Gasteiger partial charge in [-0.15, -0.1) is 10.2 Å². The smallest absolute Gasteiger partial charge is 0.175 e. The van der Waals surface area contributed by atoms with Crippen LogP contribution in [0, 0.1) is 11.3 Å². The van der Waals surface area contributed by atoms with E-state index in [0.717, 1.165) is 11.1 Å². The van der Waals surface area contributed by atoms with Crippen LogP contribution in [0.4, 0.5) is 5.82 Å². The zero-order valence-electron chi connectivity index (χ0n) is 12.8. The van der Waals surface area contributed by atoms with Crippen molar-refractivity contribution in [3.63, 3.8) is 0 Å². The molecule has 0 saturated heterocycles. The predicted molar refractivity (Wildman–Crippen MR) is 88.2 cm³/mol. The van der Waals surface area contributed by atoms with E-state index in [1.165, 1.54) is 0 Å². The Hall–Kier alpha value is -3.50. The van der Waals surface area contributed by atoms with E-state index in [1.807, 2.05) is 12.1 Å². The fraction of sp³-hybridized carbons (Fsp3) is 0.0588. The Labute approximate surface area is 138 Å². The largest absolute Gasteiger partial charge is 0.372 e. The van der Waals surface area contributed by atoms with Gasteiger partial charge in [0.2, 0.25) is 0 Å². The van der Waals surface area contributed by atoms with E-state index in [2.05, 4.69) is 25.4 Å². The Kier molecular flexibility index (Phi) is 4.32. The first-order chi connectivity index (χ1) is 11.7. The summed E-state index contributed by atoms with van der Waals surface area (Å²) in [5, 5.41) is 29.2. The van der Waals surface area contributed by atoms with Crippen molar-refractivity contribution in [1.29, 1.82) is 5.26 Å². The van der Waals surface area contributed by atoms with Crippen molar-refractivity contribution in [1.82, 2.24) is 15.2 Å². The SMILES string of the molecule is CNc1ccc(-c2ccc(-c3ccnc(C#N)c3)cc2OO)nn1. The van der Waals surface area contributed by atoms with E-state index >= 15 is 0 Å². The lowest BCUT2D eigenvalue weighted by molar-refractivity contribution is -0.137. The van der Waals surface area contributed by atoms with Gasteiger partial charge in [-0.2, -0.15) is 5.26 Å². The summed E-state index contributed by atoms with van der Waals surface area (Å²) < 4.78 is 0. The molecule has 0 fully saturated rings. The van der Waals surface area contributed by atoms with E-state index in [1.54, 1.807) is 49.6 Å². The van der Waals surface area contributed by atoms with Crippen LogP contribution in [-0.4, -0.2) is 27.5 Å². The number of benzene rings is 1. The van der Waals surface area contributed by atoms with Crippen LogP contribution in [0.15, 0.2) is 48.7 Å². The van der Waals surface area contributed by atoms with Crippen molar-refractivity contribution in [3.8, 4) is 34.2 Å². The van der Waals surface area contributed by atoms with Crippen molar-refractivity contribution in [3.05, 3.63) is 54.4 Å². The number of nitrogens with zero attached hydrogens (tertiary/aromatic N) is 4. The van der Waals surface area contributed by atoms with Crippen LogP contribution in [0.3, 0.4) is 0 Å². The van der Waals surface area contributed by atoms with Crippen LogP contribution < -0.4 is 10.2 Å². The number of rotatable bonds is 4. The molecule has 0 amide bonds. The number of aromatic nitrogens is 3. The van der Waals surface area contributed by atoms with E-state index in [0.29, 0.717) is 22.8 Å². The average molecular weight is 319 g/mol. The van der Waals surface area contributed by atoms with Crippen molar-refractivity contribution in [2.24, 2.45) is 0 Å². The van der Waals surface area contributed by atoms with Gasteiger partial charge in [0.25, 0.3) is 0 Å².